The molecule has 1 aromatic rings. The van der Waals surface area contributed by atoms with E-state index >= 15 is 0 Å². The highest BCUT2D eigenvalue weighted by Crippen LogP contribution is 2.40. The number of halogens is 2. The fourth-order valence-electron chi connectivity index (χ4n) is 3.70. The zero-order valence-electron chi connectivity index (χ0n) is 11.2. The van der Waals surface area contributed by atoms with Crippen molar-refractivity contribution in [2.75, 3.05) is 11.4 Å². The highest BCUT2D eigenvalue weighted by Gasteiger charge is 2.40. The van der Waals surface area contributed by atoms with Crippen LogP contribution in [0, 0.1) is 0 Å². The minimum Gasteiger partial charge on any atom is -0.365 e. The van der Waals surface area contributed by atoms with Gasteiger partial charge in [-0.15, -0.1) is 0 Å². The van der Waals surface area contributed by atoms with Gasteiger partial charge in [0.25, 0.3) is 0 Å². The van der Waals surface area contributed by atoms with E-state index in [2.05, 4.69) is 45.2 Å². The van der Waals surface area contributed by atoms with E-state index in [0.29, 0.717) is 18.1 Å². The number of rotatable bonds is 3. The third-order valence-electron chi connectivity index (χ3n) is 4.43. The third-order valence-corrected chi connectivity index (χ3v) is 5.64. The number of piperidine rings is 1. The first-order chi connectivity index (χ1) is 9.19. The van der Waals surface area contributed by atoms with Gasteiger partial charge in [0.1, 0.15) is 0 Å². The number of benzene rings is 1. The number of hydrogen-bond acceptors (Lipinski definition) is 2. The number of nitrogens with one attached hydrogen (secondary N) is 1. The molecule has 0 saturated carbocycles. The van der Waals surface area contributed by atoms with Gasteiger partial charge in [-0.3, -0.25) is 0 Å². The molecule has 19 heavy (non-hydrogen) atoms. The van der Waals surface area contributed by atoms with Crippen LogP contribution in [-0.2, 0) is 0 Å². The van der Waals surface area contributed by atoms with E-state index < -0.39 is 0 Å². The fraction of sp³-hybridized carbons (Fsp3) is 0.600. The minimum absolute atomic E-state index is 0.691. The van der Waals surface area contributed by atoms with Gasteiger partial charge in [-0.25, -0.2) is 0 Å². The lowest BCUT2D eigenvalue weighted by Crippen LogP contribution is -2.49. The molecule has 3 rings (SSSR count). The first kappa shape index (κ1) is 13.7. The van der Waals surface area contributed by atoms with E-state index in [4.69, 9.17) is 11.6 Å². The highest BCUT2D eigenvalue weighted by molar-refractivity contribution is 9.10. The molecule has 0 amide bonds. The van der Waals surface area contributed by atoms with Crippen LogP contribution in [0.4, 0.5) is 5.69 Å². The Bertz CT molecular complexity index is 451. The first-order valence-electron chi connectivity index (χ1n) is 7.15. The summed E-state index contributed by atoms with van der Waals surface area (Å²) in [5.74, 6) is 0. The standard InChI is InChI=1S/C15H20BrClN2/c1-2-18-10-7-11-3-4-12(8-10)19(11)13-5-6-15(17)14(16)9-13/h5-6,9-12,18H,2-4,7-8H2,1H3. The predicted molar refractivity (Wildman–Crippen MR) is 85.1 cm³/mol. The molecule has 2 atom stereocenters. The van der Waals surface area contributed by atoms with E-state index in [0.717, 1.165) is 16.0 Å². The topological polar surface area (TPSA) is 15.3 Å². The van der Waals surface area contributed by atoms with Crippen molar-refractivity contribution in [1.29, 1.82) is 0 Å². The van der Waals surface area contributed by atoms with Gasteiger partial charge in [0.15, 0.2) is 0 Å². The van der Waals surface area contributed by atoms with Gasteiger partial charge in [-0.05, 0) is 66.4 Å². The van der Waals surface area contributed by atoms with Gasteiger partial charge in [0.2, 0.25) is 0 Å². The molecule has 0 aromatic heterocycles. The molecule has 104 valence electrons. The molecular formula is C15H20BrClN2. The molecule has 2 bridgehead atoms. The van der Waals surface area contributed by atoms with Crippen molar-refractivity contribution >= 4 is 33.2 Å². The Balaban J connectivity index is 1.81. The van der Waals surface area contributed by atoms with Crippen molar-refractivity contribution < 1.29 is 0 Å². The van der Waals surface area contributed by atoms with E-state index in [-0.39, 0.29) is 0 Å². The zero-order valence-corrected chi connectivity index (χ0v) is 13.5. The lowest BCUT2D eigenvalue weighted by Gasteiger charge is -2.41. The van der Waals surface area contributed by atoms with Crippen LogP contribution in [0.25, 0.3) is 0 Å². The van der Waals surface area contributed by atoms with Crippen molar-refractivity contribution in [2.45, 2.75) is 50.7 Å². The molecule has 2 aliphatic heterocycles. The largest absolute Gasteiger partial charge is 0.365 e. The van der Waals surface area contributed by atoms with Gasteiger partial charge in [-0.1, -0.05) is 18.5 Å². The van der Waals surface area contributed by atoms with Gasteiger partial charge in [-0.2, -0.15) is 0 Å². The van der Waals surface area contributed by atoms with Crippen molar-refractivity contribution in [3.63, 3.8) is 0 Å². The van der Waals surface area contributed by atoms with Crippen LogP contribution < -0.4 is 10.2 Å². The Morgan fingerprint density at radius 3 is 2.58 bits per heavy atom. The molecule has 0 aliphatic carbocycles. The molecule has 2 fully saturated rings. The Hall–Kier alpha value is -0.250. The molecular weight excluding hydrogens is 324 g/mol. The molecule has 4 heteroatoms. The Morgan fingerprint density at radius 1 is 1.32 bits per heavy atom. The monoisotopic (exact) mass is 342 g/mol. The average Bonchev–Trinajstić information content (AvgIpc) is 2.65. The van der Waals surface area contributed by atoms with Crippen LogP contribution in [0.2, 0.25) is 5.02 Å². The lowest BCUT2D eigenvalue weighted by atomic mass is 9.96. The van der Waals surface area contributed by atoms with Crippen LogP contribution in [0.1, 0.15) is 32.6 Å². The van der Waals surface area contributed by atoms with Crippen LogP contribution >= 0.6 is 27.5 Å². The summed E-state index contributed by atoms with van der Waals surface area (Å²) in [6.07, 6.45) is 5.19. The number of nitrogens with zero attached hydrogens (tertiary/aromatic N) is 1. The lowest BCUT2D eigenvalue weighted by molar-refractivity contribution is 0.361. The van der Waals surface area contributed by atoms with Crippen LogP contribution in [-0.4, -0.2) is 24.7 Å². The third kappa shape index (κ3) is 2.65. The summed E-state index contributed by atoms with van der Waals surface area (Å²) in [7, 11) is 0. The van der Waals surface area contributed by atoms with Crippen LogP contribution in [0.3, 0.4) is 0 Å². The average molecular weight is 344 g/mol. The van der Waals surface area contributed by atoms with Crippen LogP contribution in [0.5, 0.6) is 0 Å². The molecule has 2 aliphatic rings. The van der Waals surface area contributed by atoms with Gasteiger partial charge >= 0.3 is 0 Å². The predicted octanol–water partition coefficient (Wildman–Crippen LogP) is 4.21. The molecule has 1 aromatic carbocycles. The summed E-state index contributed by atoms with van der Waals surface area (Å²) >= 11 is 9.64. The summed E-state index contributed by atoms with van der Waals surface area (Å²) in [5, 5.41) is 4.41. The van der Waals surface area contributed by atoms with Crippen molar-refractivity contribution in [1.82, 2.24) is 5.32 Å². The smallest absolute Gasteiger partial charge is 0.0549 e. The highest BCUT2D eigenvalue weighted by atomic mass is 79.9. The van der Waals surface area contributed by atoms with Crippen molar-refractivity contribution in [3.8, 4) is 0 Å². The van der Waals surface area contributed by atoms with E-state index in [1.54, 1.807) is 0 Å². The second kappa shape index (κ2) is 5.63. The number of fused-ring (bicyclic) bond motifs is 2. The second-order valence-electron chi connectivity index (χ2n) is 5.62. The quantitative estimate of drug-likeness (QED) is 0.884. The van der Waals surface area contributed by atoms with Crippen molar-refractivity contribution in [3.05, 3.63) is 27.7 Å². The van der Waals surface area contributed by atoms with Gasteiger partial charge in [0, 0.05) is 28.3 Å². The zero-order chi connectivity index (χ0) is 13.4. The minimum atomic E-state index is 0.691. The molecule has 2 saturated heterocycles. The van der Waals surface area contributed by atoms with E-state index in [9.17, 15) is 0 Å². The molecule has 0 radical (unpaired) electrons. The van der Waals surface area contributed by atoms with Crippen LogP contribution in [0.15, 0.2) is 22.7 Å². The Kier molecular flexibility index (Phi) is 4.06. The van der Waals surface area contributed by atoms with E-state index in [1.807, 2.05) is 6.07 Å². The van der Waals surface area contributed by atoms with Crippen molar-refractivity contribution in [2.24, 2.45) is 0 Å². The molecule has 2 unspecified atom stereocenters. The second-order valence-corrected chi connectivity index (χ2v) is 6.88. The fourth-order valence-corrected chi connectivity index (χ4v) is 4.18. The van der Waals surface area contributed by atoms with Gasteiger partial charge in [0.05, 0.1) is 5.02 Å². The summed E-state index contributed by atoms with van der Waals surface area (Å²) in [6.45, 7) is 3.28. The number of hydrogen-bond donors (Lipinski definition) is 1. The SMILES string of the molecule is CCNC1CC2CCC(C1)N2c1ccc(Cl)c(Br)c1. The Morgan fingerprint density at radius 2 is 2.00 bits per heavy atom. The number of anilines is 1. The normalized spacial score (nSPS) is 29.8. The van der Waals surface area contributed by atoms with E-state index in [1.165, 1.54) is 31.4 Å². The summed E-state index contributed by atoms with van der Waals surface area (Å²) < 4.78 is 1.000. The molecule has 2 nitrogen and oxygen atoms in total. The maximum atomic E-state index is 6.10. The molecule has 1 N–H and O–H groups in total. The summed E-state index contributed by atoms with van der Waals surface area (Å²) in [6, 6.07) is 8.41. The maximum Gasteiger partial charge on any atom is 0.0549 e. The molecule has 0 spiro atoms. The van der Waals surface area contributed by atoms with Gasteiger partial charge < -0.3 is 10.2 Å². The maximum absolute atomic E-state index is 6.10. The Labute approximate surface area is 128 Å². The molecule has 2 heterocycles. The summed E-state index contributed by atoms with van der Waals surface area (Å²) in [5.41, 5.74) is 1.32. The first-order valence-corrected chi connectivity index (χ1v) is 8.33. The summed E-state index contributed by atoms with van der Waals surface area (Å²) in [4.78, 5) is 2.62.